The molecule has 1 saturated carbocycles. The van der Waals surface area contributed by atoms with Crippen LogP contribution in [0.25, 0.3) is 10.9 Å². The lowest BCUT2D eigenvalue weighted by molar-refractivity contribution is 0.0979. The van der Waals surface area contributed by atoms with Crippen LogP contribution in [-0.2, 0) is 21.2 Å². The van der Waals surface area contributed by atoms with Gasteiger partial charge in [0.2, 0.25) is 0 Å². The number of rotatable bonds is 8. The molecule has 1 aliphatic carbocycles. The number of carbonyl (C=O) groups is 3. The standard InChI is InChI=1S/C31H32N4O8S/c1-19-8-3-6-13-28(19)44(40,41)34-29(36)23-11-7-12-27(42-2)25(23)16-20-18-35(30(37)33-39)26-15-14-21(17-24(20)26)32-31(38)43-22-9-4-5-10-22/h3,6-8,11-15,17-18,22,39H,4-5,9-10,16H2,1-2H3,(H,32,38)(H,33,37)(H,34,36). The highest BCUT2D eigenvalue weighted by atomic mass is 32.2. The minimum absolute atomic E-state index is 0.0232. The Balaban J connectivity index is 1.51. The van der Waals surface area contributed by atoms with Gasteiger partial charge in [0.25, 0.3) is 15.9 Å². The fourth-order valence-electron chi connectivity index (χ4n) is 5.48. The van der Waals surface area contributed by atoms with Crippen LogP contribution in [0, 0.1) is 6.92 Å². The van der Waals surface area contributed by atoms with Gasteiger partial charge < -0.3 is 9.47 Å². The van der Waals surface area contributed by atoms with Gasteiger partial charge in [-0.05, 0) is 80.1 Å². The molecule has 4 N–H and O–H groups in total. The first-order valence-electron chi connectivity index (χ1n) is 14.0. The second kappa shape index (κ2) is 12.8. The number of benzene rings is 3. The normalized spacial score (nSPS) is 13.4. The fraction of sp³-hybridized carbons (Fsp3) is 0.258. The zero-order valence-electron chi connectivity index (χ0n) is 24.1. The van der Waals surface area contributed by atoms with E-state index in [2.05, 4.69) is 10.0 Å². The van der Waals surface area contributed by atoms with Crippen LogP contribution in [0.3, 0.4) is 0 Å². The third-order valence-electron chi connectivity index (χ3n) is 7.60. The van der Waals surface area contributed by atoms with E-state index in [0.29, 0.717) is 39.0 Å². The topological polar surface area (TPSA) is 165 Å². The van der Waals surface area contributed by atoms with E-state index in [0.717, 1.165) is 25.7 Å². The Morgan fingerprint density at radius 3 is 2.48 bits per heavy atom. The first-order valence-corrected chi connectivity index (χ1v) is 15.4. The van der Waals surface area contributed by atoms with Gasteiger partial charge in [-0.25, -0.2) is 28.2 Å². The Morgan fingerprint density at radius 1 is 1.02 bits per heavy atom. The molecular weight excluding hydrogens is 588 g/mol. The van der Waals surface area contributed by atoms with Crippen LogP contribution in [0.4, 0.5) is 15.3 Å². The van der Waals surface area contributed by atoms with Gasteiger partial charge >= 0.3 is 12.1 Å². The third kappa shape index (κ3) is 6.38. The summed E-state index contributed by atoms with van der Waals surface area (Å²) in [7, 11) is -2.77. The molecule has 1 fully saturated rings. The van der Waals surface area contributed by atoms with Crippen LogP contribution in [0.1, 0.15) is 52.7 Å². The van der Waals surface area contributed by atoms with Crippen molar-refractivity contribution in [1.82, 2.24) is 14.8 Å². The van der Waals surface area contributed by atoms with Gasteiger partial charge in [0.15, 0.2) is 0 Å². The number of anilines is 1. The van der Waals surface area contributed by atoms with Crippen molar-refractivity contribution >= 4 is 44.6 Å². The van der Waals surface area contributed by atoms with E-state index < -0.39 is 28.1 Å². The highest BCUT2D eigenvalue weighted by molar-refractivity contribution is 7.90. The van der Waals surface area contributed by atoms with Crippen molar-refractivity contribution in [3.8, 4) is 5.75 Å². The number of nitrogens with one attached hydrogen (secondary N) is 3. The van der Waals surface area contributed by atoms with E-state index in [4.69, 9.17) is 9.47 Å². The quantitative estimate of drug-likeness (QED) is 0.156. The monoisotopic (exact) mass is 620 g/mol. The zero-order valence-corrected chi connectivity index (χ0v) is 24.9. The molecule has 3 amide bonds. The van der Waals surface area contributed by atoms with Crippen LogP contribution < -0.4 is 20.3 Å². The van der Waals surface area contributed by atoms with E-state index in [9.17, 15) is 28.0 Å². The first-order chi connectivity index (χ1) is 21.1. The minimum Gasteiger partial charge on any atom is -0.496 e. The first kappa shape index (κ1) is 30.6. The second-order valence-corrected chi connectivity index (χ2v) is 12.1. The van der Waals surface area contributed by atoms with Crippen LogP contribution >= 0.6 is 0 Å². The molecule has 44 heavy (non-hydrogen) atoms. The maximum Gasteiger partial charge on any atom is 0.411 e. The zero-order chi connectivity index (χ0) is 31.4. The molecule has 0 spiro atoms. The average Bonchev–Trinajstić information content (AvgIpc) is 3.64. The summed E-state index contributed by atoms with van der Waals surface area (Å²) in [5, 5.41) is 12.6. The lowest BCUT2D eigenvalue weighted by Crippen LogP contribution is -2.31. The molecule has 13 heteroatoms. The molecule has 1 heterocycles. The Morgan fingerprint density at radius 2 is 1.77 bits per heavy atom. The number of hydrogen-bond acceptors (Lipinski definition) is 8. The summed E-state index contributed by atoms with van der Waals surface area (Å²) in [6.45, 7) is 1.63. The molecular formula is C31H32N4O8S. The largest absolute Gasteiger partial charge is 0.496 e. The van der Waals surface area contributed by atoms with Crippen molar-refractivity contribution in [2.24, 2.45) is 0 Å². The molecule has 3 aromatic carbocycles. The van der Waals surface area contributed by atoms with Gasteiger partial charge in [-0.15, -0.1) is 0 Å². The number of aromatic nitrogens is 1. The second-order valence-electron chi connectivity index (χ2n) is 10.5. The van der Waals surface area contributed by atoms with Gasteiger partial charge in [0, 0.05) is 34.8 Å². The molecule has 12 nitrogen and oxygen atoms in total. The molecule has 5 rings (SSSR count). The molecule has 0 unspecified atom stereocenters. The number of fused-ring (bicyclic) bond motifs is 1. The number of hydroxylamine groups is 1. The summed E-state index contributed by atoms with van der Waals surface area (Å²) in [5.74, 6) is -0.552. The van der Waals surface area contributed by atoms with E-state index >= 15 is 0 Å². The lowest BCUT2D eigenvalue weighted by Gasteiger charge is -2.15. The lowest BCUT2D eigenvalue weighted by atomic mass is 9.97. The molecule has 0 atom stereocenters. The van der Waals surface area contributed by atoms with Gasteiger partial charge in [-0.1, -0.05) is 24.3 Å². The Hall–Kier alpha value is -4.88. The van der Waals surface area contributed by atoms with Crippen LogP contribution in [-0.4, -0.2) is 49.4 Å². The van der Waals surface area contributed by atoms with Crippen molar-refractivity contribution in [1.29, 1.82) is 0 Å². The number of aryl methyl sites for hydroxylation is 1. The molecule has 230 valence electrons. The van der Waals surface area contributed by atoms with Crippen molar-refractivity contribution in [2.45, 2.75) is 50.0 Å². The van der Waals surface area contributed by atoms with Gasteiger partial charge in [-0.3, -0.25) is 19.9 Å². The summed E-state index contributed by atoms with van der Waals surface area (Å²) in [4.78, 5) is 38.5. The average molecular weight is 621 g/mol. The summed E-state index contributed by atoms with van der Waals surface area (Å²) in [6.07, 6.45) is 4.43. The predicted octanol–water partition coefficient (Wildman–Crippen LogP) is 5.11. The van der Waals surface area contributed by atoms with Crippen molar-refractivity contribution < 1.29 is 37.5 Å². The van der Waals surface area contributed by atoms with E-state index in [1.54, 1.807) is 60.9 Å². The number of ether oxygens (including phenoxy) is 2. The van der Waals surface area contributed by atoms with Crippen LogP contribution in [0.15, 0.2) is 71.8 Å². The fourth-order valence-corrected chi connectivity index (χ4v) is 6.69. The molecule has 0 aliphatic heterocycles. The summed E-state index contributed by atoms with van der Waals surface area (Å²) >= 11 is 0. The van der Waals surface area contributed by atoms with E-state index in [-0.39, 0.29) is 23.0 Å². The van der Waals surface area contributed by atoms with E-state index in [1.165, 1.54) is 30.0 Å². The molecule has 0 radical (unpaired) electrons. The molecule has 0 bridgehead atoms. The van der Waals surface area contributed by atoms with Crippen LogP contribution in [0.5, 0.6) is 5.75 Å². The number of carbonyl (C=O) groups excluding carboxylic acids is 3. The number of hydrogen-bond donors (Lipinski definition) is 4. The SMILES string of the molecule is COc1cccc(C(=O)NS(=O)(=O)c2ccccc2C)c1Cc1cn(C(=O)NO)c2ccc(NC(=O)OC3CCCC3)cc12. The summed E-state index contributed by atoms with van der Waals surface area (Å²) in [5.41, 5.74) is 3.83. The molecule has 0 saturated heterocycles. The molecule has 4 aromatic rings. The van der Waals surface area contributed by atoms with Crippen molar-refractivity contribution in [2.75, 3.05) is 12.4 Å². The summed E-state index contributed by atoms with van der Waals surface area (Å²) < 4.78 is 40.6. The van der Waals surface area contributed by atoms with E-state index in [1.807, 2.05) is 0 Å². The Kier molecular flexibility index (Phi) is 8.88. The smallest absolute Gasteiger partial charge is 0.411 e. The molecule has 1 aliphatic rings. The number of amides is 3. The van der Waals surface area contributed by atoms with Gasteiger partial charge in [0.05, 0.1) is 17.5 Å². The highest BCUT2D eigenvalue weighted by Gasteiger charge is 2.25. The van der Waals surface area contributed by atoms with Crippen molar-refractivity contribution in [3.05, 3.63) is 89.1 Å². The molecule has 1 aromatic heterocycles. The van der Waals surface area contributed by atoms with Gasteiger partial charge in [-0.2, -0.15) is 0 Å². The third-order valence-corrected chi connectivity index (χ3v) is 9.09. The van der Waals surface area contributed by atoms with Crippen LogP contribution in [0.2, 0.25) is 0 Å². The van der Waals surface area contributed by atoms with Crippen molar-refractivity contribution in [3.63, 3.8) is 0 Å². The Labute approximate surface area is 254 Å². The Bertz CT molecular complexity index is 1840. The number of methoxy groups -OCH3 is 1. The highest BCUT2D eigenvalue weighted by Crippen LogP contribution is 2.32. The van der Waals surface area contributed by atoms with Gasteiger partial charge in [0.1, 0.15) is 11.9 Å². The minimum atomic E-state index is -4.20. The predicted molar refractivity (Wildman–Crippen MR) is 162 cm³/mol. The maximum absolute atomic E-state index is 13.5. The summed E-state index contributed by atoms with van der Waals surface area (Å²) in [6, 6.07) is 15.0. The maximum atomic E-state index is 13.5. The number of sulfonamides is 1. The number of nitrogens with zero attached hydrogens (tertiary/aromatic N) is 1.